The Balaban J connectivity index is 1.42. The van der Waals surface area contributed by atoms with E-state index in [-0.39, 0.29) is 5.56 Å². The Labute approximate surface area is 156 Å². The molecule has 4 rings (SSSR count). The molecule has 7 heteroatoms. The number of rotatable bonds is 4. The summed E-state index contributed by atoms with van der Waals surface area (Å²) in [4.78, 5) is 27.8. The second-order valence-electron chi connectivity index (χ2n) is 6.86. The number of H-pyrrole nitrogens is 1. The van der Waals surface area contributed by atoms with Gasteiger partial charge in [0.15, 0.2) is 0 Å². The fraction of sp³-hybridized carbons (Fsp3) is 0.350. The first-order valence-electron chi connectivity index (χ1n) is 9.22. The molecule has 1 fully saturated rings. The topological polar surface area (TPSA) is 65.1 Å². The average Bonchev–Trinajstić information content (AvgIpc) is 2.69. The van der Waals surface area contributed by atoms with Crippen molar-refractivity contribution in [2.75, 3.05) is 31.1 Å². The van der Waals surface area contributed by atoms with Crippen LogP contribution in [0.1, 0.15) is 18.1 Å². The first-order valence-corrected chi connectivity index (χ1v) is 9.22. The van der Waals surface area contributed by atoms with Gasteiger partial charge in [0.1, 0.15) is 0 Å². The number of anilines is 1. The molecule has 4 heterocycles. The van der Waals surface area contributed by atoms with E-state index in [1.165, 1.54) is 6.07 Å². The quantitative estimate of drug-likeness (QED) is 0.717. The number of aromatic nitrogens is 3. The molecular formula is C20H22FN5O. The molecule has 0 radical (unpaired) electrons. The molecule has 27 heavy (non-hydrogen) atoms. The van der Waals surface area contributed by atoms with Gasteiger partial charge in [0.05, 0.1) is 22.9 Å². The van der Waals surface area contributed by atoms with Crippen LogP contribution in [0.25, 0.3) is 11.0 Å². The molecule has 0 unspecified atom stereocenters. The minimum Gasteiger partial charge on any atom is -0.368 e. The van der Waals surface area contributed by atoms with E-state index in [1.54, 1.807) is 12.3 Å². The van der Waals surface area contributed by atoms with Gasteiger partial charge in [0, 0.05) is 44.5 Å². The number of fused-ring (bicyclic) bond motifs is 1. The summed E-state index contributed by atoms with van der Waals surface area (Å²) in [6, 6.07) is 7.05. The van der Waals surface area contributed by atoms with Gasteiger partial charge in [-0.05, 0) is 36.2 Å². The zero-order valence-corrected chi connectivity index (χ0v) is 15.3. The number of hydrogen-bond acceptors (Lipinski definition) is 5. The number of halogens is 1. The molecule has 3 aromatic rings. The van der Waals surface area contributed by atoms with Crippen LogP contribution in [0, 0.1) is 5.95 Å². The Morgan fingerprint density at radius 2 is 1.93 bits per heavy atom. The van der Waals surface area contributed by atoms with Crippen molar-refractivity contribution in [2.24, 2.45) is 0 Å². The molecule has 0 amide bonds. The van der Waals surface area contributed by atoms with Crippen LogP contribution in [-0.4, -0.2) is 46.0 Å². The molecule has 0 spiro atoms. The lowest BCUT2D eigenvalue weighted by Gasteiger charge is -2.35. The summed E-state index contributed by atoms with van der Waals surface area (Å²) in [5, 5.41) is 0. The van der Waals surface area contributed by atoms with Gasteiger partial charge >= 0.3 is 0 Å². The molecule has 0 bridgehead atoms. The summed E-state index contributed by atoms with van der Waals surface area (Å²) in [5.74, 6) is -0.453. The van der Waals surface area contributed by atoms with E-state index < -0.39 is 5.95 Å². The number of nitrogens with zero attached hydrogens (tertiary/aromatic N) is 4. The molecule has 0 atom stereocenters. The van der Waals surface area contributed by atoms with Gasteiger partial charge in [-0.25, -0.2) is 4.98 Å². The fourth-order valence-electron chi connectivity index (χ4n) is 3.49. The normalized spacial score (nSPS) is 15.4. The van der Waals surface area contributed by atoms with Gasteiger partial charge in [0.25, 0.3) is 5.56 Å². The molecule has 1 N–H and O–H groups in total. The number of pyridine rings is 3. The van der Waals surface area contributed by atoms with Crippen LogP contribution < -0.4 is 10.5 Å². The molecule has 0 saturated carbocycles. The SMILES string of the molecule is CCc1cc2ncc(CN3CCN(c4ccc(F)nc4)CC3)cc2[nH]c1=O. The van der Waals surface area contributed by atoms with E-state index in [0.29, 0.717) is 6.42 Å². The van der Waals surface area contributed by atoms with Crippen LogP contribution in [0.15, 0.2) is 41.5 Å². The molecule has 1 saturated heterocycles. The third kappa shape index (κ3) is 3.83. The minimum atomic E-state index is -0.453. The van der Waals surface area contributed by atoms with Crippen molar-refractivity contribution >= 4 is 16.7 Å². The molecular weight excluding hydrogens is 345 g/mol. The predicted molar refractivity (Wildman–Crippen MR) is 103 cm³/mol. The monoisotopic (exact) mass is 367 g/mol. The standard InChI is InChI=1S/C20H22FN5O/c1-2-15-10-17-18(24-20(15)27)9-14(11-22-17)13-25-5-7-26(8-6-25)16-3-4-19(21)23-12-16/h3-4,9-12H,2,5-8,13H2,1H3,(H,24,27). The zero-order valence-electron chi connectivity index (χ0n) is 15.3. The van der Waals surface area contributed by atoms with Gasteiger partial charge in [-0.3, -0.25) is 14.7 Å². The van der Waals surface area contributed by atoms with E-state index in [9.17, 15) is 9.18 Å². The van der Waals surface area contributed by atoms with Gasteiger partial charge in [-0.2, -0.15) is 4.39 Å². The van der Waals surface area contributed by atoms with Crippen molar-refractivity contribution < 1.29 is 4.39 Å². The minimum absolute atomic E-state index is 0.0366. The van der Waals surface area contributed by atoms with Gasteiger partial charge in [0.2, 0.25) is 5.95 Å². The van der Waals surface area contributed by atoms with Crippen molar-refractivity contribution in [3.05, 3.63) is 64.1 Å². The molecule has 3 aromatic heterocycles. The van der Waals surface area contributed by atoms with Crippen molar-refractivity contribution in [1.29, 1.82) is 0 Å². The first-order chi connectivity index (χ1) is 13.1. The van der Waals surface area contributed by atoms with Gasteiger partial charge < -0.3 is 9.88 Å². The predicted octanol–water partition coefficient (Wildman–Crippen LogP) is 2.34. The van der Waals surface area contributed by atoms with Crippen LogP contribution in [0.4, 0.5) is 10.1 Å². The summed E-state index contributed by atoms with van der Waals surface area (Å²) >= 11 is 0. The molecule has 1 aliphatic heterocycles. The van der Waals surface area contributed by atoms with E-state index >= 15 is 0 Å². The van der Waals surface area contributed by atoms with Crippen LogP contribution in [0.3, 0.4) is 0 Å². The smallest absolute Gasteiger partial charge is 0.251 e. The Kier molecular flexibility index (Phi) is 4.85. The number of hydrogen-bond donors (Lipinski definition) is 1. The summed E-state index contributed by atoms with van der Waals surface area (Å²) in [6.45, 7) is 6.29. The molecule has 1 aliphatic rings. The maximum atomic E-state index is 13.0. The highest BCUT2D eigenvalue weighted by atomic mass is 19.1. The third-order valence-corrected chi connectivity index (χ3v) is 5.06. The Bertz CT molecular complexity index is 993. The van der Waals surface area contributed by atoms with Crippen LogP contribution >= 0.6 is 0 Å². The fourth-order valence-corrected chi connectivity index (χ4v) is 3.49. The maximum absolute atomic E-state index is 13.0. The summed E-state index contributed by atoms with van der Waals surface area (Å²) < 4.78 is 13.0. The van der Waals surface area contributed by atoms with E-state index in [0.717, 1.165) is 60.6 Å². The van der Waals surface area contributed by atoms with Crippen LogP contribution in [0.5, 0.6) is 0 Å². The highest BCUT2D eigenvalue weighted by Crippen LogP contribution is 2.17. The van der Waals surface area contributed by atoms with E-state index in [4.69, 9.17) is 0 Å². The van der Waals surface area contributed by atoms with Crippen molar-refractivity contribution in [1.82, 2.24) is 19.9 Å². The first kappa shape index (κ1) is 17.6. The second-order valence-corrected chi connectivity index (χ2v) is 6.86. The number of nitrogens with one attached hydrogen (secondary N) is 1. The highest BCUT2D eigenvalue weighted by Gasteiger charge is 2.18. The molecule has 140 valence electrons. The van der Waals surface area contributed by atoms with E-state index in [1.807, 2.05) is 25.3 Å². The van der Waals surface area contributed by atoms with E-state index in [2.05, 4.69) is 24.8 Å². The maximum Gasteiger partial charge on any atom is 0.251 e. The highest BCUT2D eigenvalue weighted by molar-refractivity contribution is 5.74. The van der Waals surface area contributed by atoms with Gasteiger partial charge in [-0.1, -0.05) is 6.92 Å². The molecule has 6 nitrogen and oxygen atoms in total. The van der Waals surface area contributed by atoms with Crippen molar-refractivity contribution in [2.45, 2.75) is 19.9 Å². The largest absolute Gasteiger partial charge is 0.368 e. The summed E-state index contributed by atoms with van der Waals surface area (Å²) in [5.41, 5.74) is 4.36. The number of aryl methyl sites for hydroxylation is 1. The van der Waals surface area contributed by atoms with Crippen molar-refractivity contribution in [3.8, 4) is 0 Å². The lowest BCUT2D eigenvalue weighted by molar-refractivity contribution is 0.249. The van der Waals surface area contributed by atoms with Gasteiger partial charge in [-0.15, -0.1) is 0 Å². The summed E-state index contributed by atoms with van der Waals surface area (Å²) in [7, 11) is 0. The van der Waals surface area contributed by atoms with Crippen LogP contribution in [0.2, 0.25) is 0 Å². The Morgan fingerprint density at radius 1 is 1.11 bits per heavy atom. The lowest BCUT2D eigenvalue weighted by Crippen LogP contribution is -2.46. The number of aromatic amines is 1. The molecule has 0 aliphatic carbocycles. The lowest BCUT2D eigenvalue weighted by atomic mass is 10.1. The van der Waals surface area contributed by atoms with Crippen molar-refractivity contribution in [3.63, 3.8) is 0 Å². The van der Waals surface area contributed by atoms with Crippen LogP contribution in [-0.2, 0) is 13.0 Å². The summed E-state index contributed by atoms with van der Waals surface area (Å²) in [6.07, 6.45) is 4.16. The molecule has 0 aromatic carbocycles. The number of piperazine rings is 1. The zero-order chi connectivity index (χ0) is 18.8. The average molecular weight is 367 g/mol. The third-order valence-electron chi connectivity index (χ3n) is 5.06. The second kappa shape index (κ2) is 7.44. The Hall–Kier alpha value is -2.80. The Morgan fingerprint density at radius 3 is 2.63 bits per heavy atom.